The lowest BCUT2D eigenvalue weighted by molar-refractivity contribution is 0.591. The maximum Gasteiger partial charge on any atom is 0.160 e. The Hall–Kier alpha value is -2.53. The predicted octanol–water partition coefficient (Wildman–Crippen LogP) is 5.63. The normalized spacial score (nSPS) is 18.3. The summed E-state index contributed by atoms with van der Waals surface area (Å²) in [5.41, 5.74) is 4.40. The van der Waals surface area contributed by atoms with Crippen LogP contribution >= 0.6 is 0 Å². The topological polar surface area (TPSA) is 40.6 Å². The van der Waals surface area contributed by atoms with Crippen LogP contribution in [0.4, 0.5) is 11.4 Å². The molecule has 0 N–H and O–H groups in total. The Bertz CT molecular complexity index is 1030. The fourth-order valence-electron chi connectivity index (χ4n) is 4.57. The van der Waals surface area contributed by atoms with Gasteiger partial charge in [0.05, 0.1) is 0 Å². The second-order valence-corrected chi connectivity index (χ2v) is 11.1. The Morgan fingerprint density at radius 1 is 0.781 bits per heavy atom. The number of anilines is 2. The molecular formula is C27H34N2O2S. The molecule has 1 atom stereocenters. The molecule has 0 radical (unpaired) electrons. The third-order valence-corrected chi connectivity index (χ3v) is 8.54. The van der Waals surface area contributed by atoms with Crippen molar-refractivity contribution in [1.82, 2.24) is 0 Å². The molecule has 2 aliphatic rings. The quantitative estimate of drug-likeness (QED) is 0.489. The van der Waals surface area contributed by atoms with E-state index in [1.54, 1.807) is 13.0 Å². The summed E-state index contributed by atoms with van der Waals surface area (Å²) in [6, 6.07) is 16.6. The van der Waals surface area contributed by atoms with E-state index in [9.17, 15) is 8.42 Å². The van der Waals surface area contributed by atoms with Crippen molar-refractivity contribution in [2.75, 3.05) is 41.7 Å². The summed E-state index contributed by atoms with van der Waals surface area (Å²) in [5.74, 6) is 0.123. The molecule has 0 bridgehead atoms. The van der Waals surface area contributed by atoms with Gasteiger partial charge in [-0.1, -0.05) is 55.5 Å². The van der Waals surface area contributed by atoms with Crippen molar-refractivity contribution in [2.24, 2.45) is 0 Å². The number of allylic oxidation sites excluding steroid dienone is 2. The maximum absolute atomic E-state index is 12.8. The fourth-order valence-corrected chi connectivity index (χ4v) is 5.83. The Morgan fingerprint density at radius 2 is 1.28 bits per heavy atom. The maximum atomic E-state index is 12.8. The van der Waals surface area contributed by atoms with Gasteiger partial charge >= 0.3 is 0 Å². The molecule has 0 aromatic heterocycles. The number of hydrogen-bond donors (Lipinski definition) is 0. The van der Waals surface area contributed by atoms with Crippen molar-refractivity contribution in [2.45, 2.75) is 37.9 Å². The summed E-state index contributed by atoms with van der Waals surface area (Å²) in [6.45, 7) is 6.17. The second-order valence-electron chi connectivity index (χ2n) is 8.69. The molecular weight excluding hydrogens is 416 g/mol. The first kappa shape index (κ1) is 22.7. The van der Waals surface area contributed by atoms with Gasteiger partial charge in [0.2, 0.25) is 0 Å². The van der Waals surface area contributed by atoms with Crippen LogP contribution in [0, 0.1) is 0 Å². The highest BCUT2D eigenvalue weighted by molar-refractivity contribution is 7.91. The highest BCUT2D eigenvalue weighted by Crippen LogP contribution is 2.28. The molecule has 5 heteroatoms. The molecule has 2 aromatic carbocycles. The fraction of sp³-hybridized carbons (Fsp3) is 0.407. The lowest BCUT2D eigenvalue weighted by Crippen LogP contribution is -2.18. The summed E-state index contributed by atoms with van der Waals surface area (Å²) in [7, 11) is -3.25. The number of nitrogens with zero attached hydrogens (tertiary/aromatic N) is 2. The van der Waals surface area contributed by atoms with E-state index in [0.29, 0.717) is 0 Å². The number of sulfone groups is 1. The molecule has 0 aliphatic carbocycles. The van der Waals surface area contributed by atoms with Crippen LogP contribution in [-0.4, -0.2) is 40.3 Å². The van der Waals surface area contributed by atoms with Gasteiger partial charge < -0.3 is 9.80 Å². The van der Waals surface area contributed by atoms with Crippen LogP contribution in [0.1, 0.15) is 49.0 Å². The monoisotopic (exact) mass is 450 g/mol. The van der Waals surface area contributed by atoms with Gasteiger partial charge in [0.15, 0.2) is 9.84 Å². The van der Waals surface area contributed by atoms with Crippen LogP contribution in [0.3, 0.4) is 0 Å². The van der Waals surface area contributed by atoms with Crippen LogP contribution in [-0.2, 0) is 9.84 Å². The van der Waals surface area contributed by atoms with E-state index >= 15 is 0 Å². The molecule has 32 heavy (non-hydrogen) atoms. The van der Waals surface area contributed by atoms with Crippen molar-refractivity contribution in [3.05, 3.63) is 77.9 Å². The van der Waals surface area contributed by atoms with Gasteiger partial charge in [-0.15, -0.1) is 0 Å². The van der Waals surface area contributed by atoms with E-state index in [4.69, 9.17) is 0 Å². The third kappa shape index (κ3) is 5.44. The predicted molar refractivity (Wildman–Crippen MR) is 136 cm³/mol. The highest BCUT2D eigenvalue weighted by atomic mass is 32.2. The van der Waals surface area contributed by atoms with E-state index in [2.05, 4.69) is 46.2 Å². The number of benzene rings is 2. The van der Waals surface area contributed by atoms with Crippen LogP contribution < -0.4 is 9.80 Å². The molecule has 0 spiro atoms. The largest absolute Gasteiger partial charge is 0.372 e. The van der Waals surface area contributed by atoms with Gasteiger partial charge in [-0.3, -0.25) is 0 Å². The standard InChI is InChI=1S/C27H34N2O2S/c1-2-32(30,31)27(24-13-17-26(18-14-24)29-21-7-8-22-29)10-4-3-9-23-11-15-25(16-12-23)28-19-5-6-20-28/h3-4,9-18,27H,2,5-8,19-22H2,1H3. The molecule has 2 aromatic rings. The summed E-state index contributed by atoms with van der Waals surface area (Å²) >= 11 is 0. The van der Waals surface area contributed by atoms with Gasteiger partial charge in [0.1, 0.15) is 5.25 Å². The van der Waals surface area contributed by atoms with Crippen LogP contribution in [0.5, 0.6) is 0 Å². The van der Waals surface area contributed by atoms with Gasteiger partial charge in [0.25, 0.3) is 0 Å². The summed E-state index contributed by atoms with van der Waals surface area (Å²) in [6.07, 6.45) is 12.6. The molecule has 1 unspecified atom stereocenters. The smallest absolute Gasteiger partial charge is 0.160 e. The third-order valence-electron chi connectivity index (χ3n) is 6.53. The Labute approximate surface area is 193 Å². The zero-order valence-corrected chi connectivity index (χ0v) is 19.8. The van der Waals surface area contributed by atoms with E-state index in [0.717, 1.165) is 37.3 Å². The Balaban J connectivity index is 1.45. The van der Waals surface area contributed by atoms with Crippen molar-refractivity contribution in [3.63, 3.8) is 0 Å². The van der Waals surface area contributed by atoms with E-state index in [-0.39, 0.29) is 5.75 Å². The summed E-state index contributed by atoms with van der Waals surface area (Å²) in [4.78, 5) is 4.78. The lowest BCUT2D eigenvalue weighted by atomic mass is 10.1. The Kier molecular flexibility index (Phi) is 7.36. The van der Waals surface area contributed by atoms with Crippen molar-refractivity contribution < 1.29 is 8.42 Å². The minimum absolute atomic E-state index is 0.123. The molecule has 0 amide bonds. The molecule has 0 saturated carbocycles. The van der Waals surface area contributed by atoms with Crippen LogP contribution in [0.15, 0.2) is 66.8 Å². The molecule has 2 heterocycles. The molecule has 2 fully saturated rings. The van der Waals surface area contributed by atoms with Crippen molar-refractivity contribution in [1.29, 1.82) is 0 Å². The SMILES string of the molecule is CCS(=O)(=O)C(C=CC=Cc1ccc(N2CCCC2)cc1)c1ccc(N2CCCC2)cc1. The minimum Gasteiger partial charge on any atom is -0.372 e. The second kappa shape index (κ2) is 10.4. The summed E-state index contributed by atoms with van der Waals surface area (Å²) < 4.78 is 25.6. The lowest BCUT2D eigenvalue weighted by Gasteiger charge is -2.19. The first-order valence-corrected chi connectivity index (χ1v) is 13.5. The van der Waals surface area contributed by atoms with Gasteiger partial charge in [-0.25, -0.2) is 8.42 Å². The molecule has 170 valence electrons. The van der Waals surface area contributed by atoms with E-state index in [1.807, 2.05) is 30.4 Å². The first-order valence-electron chi connectivity index (χ1n) is 11.8. The van der Waals surface area contributed by atoms with Crippen molar-refractivity contribution in [3.8, 4) is 0 Å². The number of hydrogen-bond acceptors (Lipinski definition) is 4. The van der Waals surface area contributed by atoms with Crippen molar-refractivity contribution >= 4 is 27.3 Å². The van der Waals surface area contributed by atoms with E-state index < -0.39 is 15.1 Å². The Morgan fingerprint density at radius 3 is 1.78 bits per heavy atom. The van der Waals surface area contributed by atoms with E-state index in [1.165, 1.54) is 37.1 Å². The van der Waals surface area contributed by atoms with Gasteiger partial charge in [-0.2, -0.15) is 0 Å². The van der Waals surface area contributed by atoms with Crippen LogP contribution in [0.25, 0.3) is 6.08 Å². The van der Waals surface area contributed by atoms with Crippen LogP contribution in [0.2, 0.25) is 0 Å². The number of rotatable bonds is 8. The molecule has 2 aliphatic heterocycles. The average molecular weight is 451 g/mol. The zero-order chi connectivity index (χ0) is 22.4. The van der Waals surface area contributed by atoms with Gasteiger partial charge in [-0.05, 0) is 61.1 Å². The molecule has 4 nitrogen and oxygen atoms in total. The van der Waals surface area contributed by atoms with Gasteiger partial charge in [0, 0.05) is 43.3 Å². The summed E-state index contributed by atoms with van der Waals surface area (Å²) in [5, 5.41) is -0.623. The minimum atomic E-state index is -3.25. The molecule has 4 rings (SSSR count). The first-order chi connectivity index (χ1) is 15.6. The molecule has 2 saturated heterocycles. The average Bonchev–Trinajstić information content (AvgIpc) is 3.54. The zero-order valence-electron chi connectivity index (χ0n) is 19.0. The highest BCUT2D eigenvalue weighted by Gasteiger charge is 2.23.